The summed E-state index contributed by atoms with van der Waals surface area (Å²) in [6.07, 6.45) is 0. The molecule has 2 amide bonds. The highest BCUT2D eigenvalue weighted by atomic mass is 35.5. The third kappa shape index (κ3) is 5.04. The molecule has 6 heteroatoms. The van der Waals surface area contributed by atoms with Gasteiger partial charge in [-0.2, -0.15) is 0 Å². The fraction of sp³-hybridized carbons (Fsp3) is 0.750. The van der Waals surface area contributed by atoms with E-state index in [4.69, 9.17) is 5.73 Å². The molecule has 0 aromatic rings. The van der Waals surface area contributed by atoms with Crippen LogP contribution in [0.4, 0.5) is 0 Å². The predicted molar refractivity (Wildman–Crippen MR) is 57.2 cm³/mol. The van der Waals surface area contributed by atoms with Crippen molar-refractivity contribution in [1.29, 1.82) is 0 Å². The first-order valence-corrected chi connectivity index (χ1v) is 4.10. The number of nitrogens with two attached hydrogens (primary N) is 1. The van der Waals surface area contributed by atoms with Crippen molar-refractivity contribution >= 4 is 24.2 Å². The van der Waals surface area contributed by atoms with Gasteiger partial charge in [-0.15, -0.1) is 12.4 Å². The van der Waals surface area contributed by atoms with Crippen molar-refractivity contribution in [2.24, 2.45) is 5.73 Å². The number of carbonyl (C=O) groups excluding carboxylic acids is 2. The van der Waals surface area contributed by atoms with E-state index in [1.165, 1.54) is 7.05 Å². The second-order valence-electron chi connectivity index (χ2n) is 3.53. The van der Waals surface area contributed by atoms with Gasteiger partial charge in [-0.3, -0.25) is 9.59 Å². The smallest absolute Gasteiger partial charge is 0.242 e. The molecule has 0 spiro atoms. The summed E-state index contributed by atoms with van der Waals surface area (Å²) >= 11 is 0. The third-order valence-corrected chi connectivity index (χ3v) is 1.57. The second-order valence-corrected chi connectivity index (χ2v) is 3.53. The SMILES string of the molecule is CNC(=O)[C@@H](C)NC(=O)C(C)(C)N.Cl. The normalized spacial score (nSPS) is 12.4. The highest BCUT2D eigenvalue weighted by molar-refractivity contribution is 5.91. The number of amides is 2. The molecule has 5 nitrogen and oxygen atoms in total. The van der Waals surface area contributed by atoms with Crippen LogP contribution in [-0.2, 0) is 9.59 Å². The first-order chi connectivity index (χ1) is 5.79. The first-order valence-electron chi connectivity index (χ1n) is 4.10. The number of carbonyl (C=O) groups is 2. The molecule has 1 atom stereocenters. The number of halogens is 1. The van der Waals surface area contributed by atoms with Crippen molar-refractivity contribution < 1.29 is 9.59 Å². The third-order valence-electron chi connectivity index (χ3n) is 1.57. The maximum absolute atomic E-state index is 11.3. The minimum absolute atomic E-state index is 0. The van der Waals surface area contributed by atoms with Crippen LogP contribution in [0, 0.1) is 0 Å². The largest absolute Gasteiger partial charge is 0.357 e. The van der Waals surface area contributed by atoms with Crippen LogP contribution in [0.25, 0.3) is 0 Å². The quantitative estimate of drug-likeness (QED) is 0.597. The summed E-state index contributed by atoms with van der Waals surface area (Å²) in [5.41, 5.74) is 4.57. The van der Waals surface area contributed by atoms with Crippen molar-refractivity contribution in [1.82, 2.24) is 10.6 Å². The Bertz CT molecular complexity index is 213. The Kier molecular flexibility index (Phi) is 6.51. The molecule has 0 aromatic heterocycles. The van der Waals surface area contributed by atoms with Gasteiger partial charge in [0, 0.05) is 7.05 Å². The molecule has 0 saturated carbocycles. The van der Waals surface area contributed by atoms with Crippen molar-refractivity contribution in [3.05, 3.63) is 0 Å². The number of hydrogen-bond donors (Lipinski definition) is 3. The zero-order valence-corrected chi connectivity index (χ0v) is 9.70. The van der Waals surface area contributed by atoms with Gasteiger partial charge in [0.25, 0.3) is 0 Å². The molecule has 0 unspecified atom stereocenters. The Labute approximate surface area is 90.2 Å². The lowest BCUT2D eigenvalue weighted by Gasteiger charge is -2.20. The van der Waals surface area contributed by atoms with E-state index in [1.54, 1.807) is 20.8 Å². The van der Waals surface area contributed by atoms with E-state index in [0.29, 0.717) is 0 Å². The van der Waals surface area contributed by atoms with E-state index in [-0.39, 0.29) is 24.2 Å². The van der Waals surface area contributed by atoms with E-state index in [1.807, 2.05) is 0 Å². The Morgan fingerprint density at radius 2 is 1.79 bits per heavy atom. The van der Waals surface area contributed by atoms with Gasteiger partial charge in [0.05, 0.1) is 5.54 Å². The maximum atomic E-state index is 11.3. The Morgan fingerprint density at radius 1 is 1.36 bits per heavy atom. The highest BCUT2D eigenvalue weighted by Gasteiger charge is 2.24. The molecule has 84 valence electrons. The minimum Gasteiger partial charge on any atom is -0.357 e. The Balaban J connectivity index is 0. The average Bonchev–Trinajstić information content (AvgIpc) is 2.01. The van der Waals surface area contributed by atoms with Gasteiger partial charge in [-0.25, -0.2) is 0 Å². The lowest BCUT2D eigenvalue weighted by atomic mass is 10.1. The molecule has 4 N–H and O–H groups in total. The summed E-state index contributed by atoms with van der Waals surface area (Å²) in [6, 6.07) is -0.555. The molecular weight excluding hydrogens is 206 g/mol. The van der Waals surface area contributed by atoms with Crippen LogP contribution in [0.3, 0.4) is 0 Å². The van der Waals surface area contributed by atoms with Gasteiger partial charge < -0.3 is 16.4 Å². The zero-order valence-electron chi connectivity index (χ0n) is 8.88. The number of rotatable bonds is 3. The molecule has 0 fully saturated rings. The summed E-state index contributed by atoms with van der Waals surface area (Å²) in [5.74, 6) is -0.582. The van der Waals surface area contributed by atoms with Crippen LogP contribution in [0.5, 0.6) is 0 Å². The fourth-order valence-electron chi connectivity index (χ4n) is 0.665. The van der Waals surface area contributed by atoms with Crippen molar-refractivity contribution in [3.63, 3.8) is 0 Å². The summed E-state index contributed by atoms with van der Waals surface area (Å²) < 4.78 is 0. The number of nitrogens with one attached hydrogen (secondary N) is 2. The van der Waals surface area contributed by atoms with Crippen LogP contribution in [0.2, 0.25) is 0 Å². The molecule has 14 heavy (non-hydrogen) atoms. The zero-order chi connectivity index (χ0) is 10.6. The lowest BCUT2D eigenvalue weighted by molar-refractivity contribution is -0.130. The van der Waals surface area contributed by atoms with Crippen LogP contribution in [0.15, 0.2) is 0 Å². The van der Waals surface area contributed by atoms with Crippen LogP contribution in [-0.4, -0.2) is 30.4 Å². The number of likely N-dealkylation sites (N-methyl/N-ethyl adjacent to an activating group) is 1. The van der Waals surface area contributed by atoms with Gasteiger partial charge in [0.15, 0.2) is 0 Å². The molecule has 0 aliphatic carbocycles. The van der Waals surface area contributed by atoms with Gasteiger partial charge >= 0.3 is 0 Å². The molecule has 0 bridgehead atoms. The summed E-state index contributed by atoms with van der Waals surface area (Å²) in [5, 5.41) is 4.92. The van der Waals surface area contributed by atoms with Crippen LogP contribution >= 0.6 is 12.4 Å². The van der Waals surface area contributed by atoms with E-state index < -0.39 is 11.6 Å². The van der Waals surface area contributed by atoms with Crippen LogP contribution in [0.1, 0.15) is 20.8 Å². The van der Waals surface area contributed by atoms with Crippen molar-refractivity contribution in [2.45, 2.75) is 32.4 Å². The molecular formula is C8H18ClN3O2. The average molecular weight is 224 g/mol. The highest BCUT2D eigenvalue weighted by Crippen LogP contribution is 1.96. The molecule has 0 aromatic carbocycles. The standard InChI is InChI=1S/C8H17N3O2.ClH/c1-5(6(12)10-4)11-7(13)8(2,3)9;/h5H,9H2,1-4H3,(H,10,12)(H,11,13);1H/t5-;/m1./s1. The van der Waals surface area contributed by atoms with E-state index in [2.05, 4.69) is 10.6 Å². The summed E-state index contributed by atoms with van der Waals surface area (Å²) in [4.78, 5) is 22.3. The topological polar surface area (TPSA) is 84.2 Å². The molecule has 0 saturated heterocycles. The molecule has 0 aliphatic heterocycles. The van der Waals surface area contributed by atoms with E-state index >= 15 is 0 Å². The second kappa shape index (κ2) is 5.82. The minimum atomic E-state index is -0.956. The summed E-state index contributed by atoms with van der Waals surface area (Å²) in [7, 11) is 1.51. The van der Waals surface area contributed by atoms with Crippen molar-refractivity contribution in [3.8, 4) is 0 Å². The summed E-state index contributed by atoms with van der Waals surface area (Å²) in [6.45, 7) is 4.76. The van der Waals surface area contributed by atoms with Gasteiger partial charge in [0.2, 0.25) is 11.8 Å². The van der Waals surface area contributed by atoms with Gasteiger partial charge in [-0.1, -0.05) is 0 Å². The Morgan fingerprint density at radius 3 is 2.07 bits per heavy atom. The van der Waals surface area contributed by atoms with E-state index in [0.717, 1.165) is 0 Å². The van der Waals surface area contributed by atoms with Crippen LogP contribution < -0.4 is 16.4 Å². The molecule has 0 rings (SSSR count). The van der Waals surface area contributed by atoms with Crippen molar-refractivity contribution in [2.75, 3.05) is 7.05 Å². The Hall–Kier alpha value is -0.810. The molecule has 0 radical (unpaired) electrons. The molecule has 0 aliphatic rings. The maximum Gasteiger partial charge on any atom is 0.242 e. The van der Waals surface area contributed by atoms with Gasteiger partial charge in [-0.05, 0) is 20.8 Å². The number of hydrogen-bond acceptors (Lipinski definition) is 3. The lowest BCUT2D eigenvalue weighted by Crippen LogP contribution is -2.54. The fourth-order valence-corrected chi connectivity index (χ4v) is 0.665. The monoisotopic (exact) mass is 223 g/mol. The molecule has 0 heterocycles. The predicted octanol–water partition coefficient (Wildman–Crippen LogP) is -0.604. The van der Waals surface area contributed by atoms with Gasteiger partial charge in [0.1, 0.15) is 6.04 Å². The first kappa shape index (κ1) is 15.7. The van der Waals surface area contributed by atoms with E-state index in [9.17, 15) is 9.59 Å².